The van der Waals surface area contributed by atoms with Gasteiger partial charge in [0.1, 0.15) is 5.82 Å². The van der Waals surface area contributed by atoms with E-state index in [1.165, 1.54) is 31.2 Å². The Bertz CT molecular complexity index is 397. The SMILES string of the molecule is Cc1cc(Br)cnc1NCC1CCCCC1CCl. The molecule has 100 valence electrons. The van der Waals surface area contributed by atoms with Gasteiger partial charge in [-0.2, -0.15) is 0 Å². The largest absolute Gasteiger partial charge is 0.370 e. The van der Waals surface area contributed by atoms with Crippen LogP contribution in [0, 0.1) is 18.8 Å². The lowest BCUT2D eigenvalue weighted by molar-refractivity contribution is 0.272. The summed E-state index contributed by atoms with van der Waals surface area (Å²) >= 11 is 9.50. The molecule has 1 saturated carbocycles. The number of hydrogen-bond donors (Lipinski definition) is 1. The molecule has 0 spiro atoms. The summed E-state index contributed by atoms with van der Waals surface area (Å²) in [6.45, 7) is 3.08. The molecule has 0 saturated heterocycles. The molecule has 1 N–H and O–H groups in total. The maximum atomic E-state index is 6.06. The summed E-state index contributed by atoms with van der Waals surface area (Å²) in [5.74, 6) is 3.15. The highest BCUT2D eigenvalue weighted by molar-refractivity contribution is 9.10. The molecule has 0 bridgehead atoms. The number of rotatable bonds is 4. The molecule has 4 heteroatoms. The summed E-state index contributed by atoms with van der Waals surface area (Å²) in [5, 5.41) is 3.48. The molecule has 0 radical (unpaired) electrons. The van der Waals surface area contributed by atoms with Crippen molar-refractivity contribution in [1.82, 2.24) is 4.98 Å². The third kappa shape index (κ3) is 3.61. The number of halogens is 2. The van der Waals surface area contributed by atoms with E-state index in [1.807, 2.05) is 6.20 Å². The molecule has 1 aromatic heterocycles. The van der Waals surface area contributed by atoms with Crippen LogP contribution in [-0.4, -0.2) is 17.4 Å². The first-order chi connectivity index (χ1) is 8.70. The minimum absolute atomic E-state index is 0.670. The second-order valence-electron chi connectivity index (χ2n) is 5.16. The van der Waals surface area contributed by atoms with E-state index in [9.17, 15) is 0 Å². The highest BCUT2D eigenvalue weighted by Gasteiger charge is 2.24. The van der Waals surface area contributed by atoms with Crippen LogP contribution in [0.2, 0.25) is 0 Å². The van der Waals surface area contributed by atoms with Crippen molar-refractivity contribution >= 4 is 33.3 Å². The molecule has 18 heavy (non-hydrogen) atoms. The average molecular weight is 332 g/mol. The first kappa shape index (κ1) is 14.1. The van der Waals surface area contributed by atoms with Crippen LogP contribution in [0.5, 0.6) is 0 Å². The predicted octanol–water partition coefficient (Wildman–Crippen LogP) is 4.61. The molecular formula is C14H20BrClN2. The van der Waals surface area contributed by atoms with Gasteiger partial charge in [-0.25, -0.2) is 4.98 Å². The molecule has 2 rings (SSSR count). The predicted molar refractivity (Wildman–Crippen MR) is 81.3 cm³/mol. The minimum Gasteiger partial charge on any atom is -0.370 e. The Kier molecular flexibility index (Phi) is 5.31. The van der Waals surface area contributed by atoms with Gasteiger partial charge in [0.15, 0.2) is 0 Å². The molecular weight excluding hydrogens is 312 g/mol. The molecule has 1 heterocycles. The Morgan fingerprint density at radius 2 is 2.11 bits per heavy atom. The van der Waals surface area contributed by atoms with Gasteiger partial charge in [0.25, 0.3) is 0 Å². The van der Waals surface area contributed by atoms with Crippen molar-refractivity contribution in [3.05, 3.63) is 22.3 Å². The minimum atomic E-state index is 0.670. The molecule has 1 aliphatic carbocycles. The number of anilines is 1. The molecule has 1 aromatic rings. The van der Waals surface area contributed by atoms with Crippen LogP contribution >= 0.6 is 27.5 Å². The van der Waals surface area contributed by atoms with Gasteiger partial charge < -0.3 is 5.32 Å². The molecule has 2 atom stereocenters. The third-order valence-corrected chi connectivity index (χ3v) is 4.67. The number of nitrogens with one attached hydrogen (secondary N) is 1. The first-order valence-electron chi connectivity index (χ1n) is 6.62. The zero-order valence-corrected chi connectivity index (χ0v) is 13.1. The second kappa shape index (κ2) is 6.76. The number of aryl methyl sites for hydroxylation is 1. The number of alkyl halides is 1. The normalized spacial score (nSPS) is 23.9. The monoisotopic (exact) mass is 330 g/mol. The van der Waals surface area contributed by atoms with E-state index in [0.29, 0.717) is 11.8 Å². The van der Waals surface area contributed by atoms with Crippen molar-refractivity contribution in [3.8, 4) is 0 Å². The summed E-state index contributed by atoms with van der Waals surface area (Å²) in [7, 11) is 0. The van der Waals surface area contributed by atoms with Crippen molar-refractivity contribution in [2.45, 2.75) is 32.6 Å². The van der Waals surface area contributed by atoms with Gasteiger partial charge in [-0.15, -0.1) is 11.6 Å². The highest BCUT2D eigenvalue weighted by atomic mass is 79.9. The van der Waals surface area contributed by atoms with Gasteiger partial charge in [-0.3, -0.25) is 0 Å². The zero-order valence-electron chi connectivity index (χ0n) is 10.8. The van der Waals surface area contributed by atoms with E-state index in [4.69, 9.17) is 11.6 Å². The van der Waals surface area contributed by atoms with Gasteiger partial charge >= 0.3 is 0 Å². The fourth-order valence-corrected chi connectivity index (χ4v) is 3.56. The number of nitrogens with zero attached hydrogens (tertiary/aromatic N) is 1. The summed E-state index contributed by atoms with van der Waals surface area (Å²) in [6, 6.07) is 2.09. The smallest absolute Gasteiger partial charge is 0.128 e. The molecule has 2 nitrogen and oxygen atoms in total. The number of hydrogen-bond acceptors (Lipinski definition) is 2. The Morgan fingerprint density at radius 1 is 1.39 bits per heavy atom. The Hall–Kier alpha value is -0.280. The Morgan fingerprint density at radius 3 is 2.78 bits per heavy atom. The van der Waals surface area contributed by atoms with Crippen LogP contribution < -0.4 is 5.32 Å². The van der Waals surface area contributed by atoms with E-state index >= 15 is 0 Å². The van der Waals surface area contributed by atoms with Crippen LogP contribution in [0.15, 0.2) is 16.7 Å². The molecule has 1 fully saturated rings. The summed E-state index contributed by atoms with van der Waals surface area (Å²) < 4.78 is 1.03. The van der Waals surface area contributed by atoms with Gasteiger partial charge in [0.05, 0.1) is 0 Å². The van der Waals surface area contributed by atoms with Crippen molar-refractivity contribution in [1.29, 1.82) is 0 Å². The standard InChI is InChI=1S/C14H20BrClN2/c1-10-6-13(15)9-18-14(10)17-8-12-5-3-2-4-11(12)7-16/h6,9,11-12H,2-5,7-8H2,1H3,(H,17,18). The summed E-state index contributed by atoms with van der Waals surface area (Å²) in [6.07, 6.45) is 7.09. The van der Waals surface area contributed by atoms with Gasteiger partial charge in [0, 0.05) is 23.1 Å². The quantitative estimate of drug-likeness (QED) is 0.815. The van der Waals surface area contributed by atoms with E-state index in [0.717, 1.165) is 22.7 Å². The fraction of sp³-hybridized carbons (Fsp3) is 0.643. The first-order valence-corrected chi connectivity index (χ1v) is 7.95. The zero-order chi connectivity index (χ0) is 13.0. The van der Waals surface area contributed by atoms with E-state index in [-0.39, 0.29) is 0 Å². The number of pyridine rings is 1. The molecule has 2 unspecified atom stereocenters. The number of aromatic nitrogens is 1. The Labute approximate surface area is 123 Å². The lowest BCUT2D eigenvalue weighted by Crippen LogP contribution is -2.27. The maximum Gasteiger partial charge on any atom is 0.128 e. The van der Waals surface area contributed by atoms with E-state index < -0.39 is 0 Å². The van der Waals surface area contributed by atoms with Crippen molar-refractivity contribution in [2.75, 3.05) is 17.7 Å². The van der Waals surface area contributed by atoms with Crippen molar-refractivity contribution in [2.24, 2.45) is 11.8 Å². The van der Waals surface area contributed by atoms with Crippen molar-refractivity contribution < 1.29 is 0 Å². The topological polar surface area (TPSA) is 24.9 Å². The molecule has 0 aromatic carbocycles. The lowest BCUT2D eigenvalue weighted by Gasteiger charge is -2.30. The lowest BCUT2D eigenvalue weighted by atomic mass is 9.80. The Balaban J connectivity index is 1.93. The van der Waals surface area contributed by atoms with Gasteiger partial charge in [0.2, 0.25) is 0 Å². The molecule has 0 aliphatic heterocycles. The third-order valence-electron chi connectivity index (χ3n) is 3.84. The van der Waals surface area contributed by atoms with Crippen LogP contribution in [-0.2, 0) is 0 Å². The van der Waals surface area contributed by atoms with Crippen LogP contribution in [0.4, 0.5) is 5.82 Å². The van der Waals surface area contributed by atoms with Crippen LogP contribution in [0.3, 0.4) is 0 Å². The summed E-state index contributed by atoms with van der Waals surface area (Å²) in [5.41, 5.74) is 1.18. The van der Waals surface area contributed by atoms with Crippen LogP contribution in [0.1, 0.15) is 31.2 Å². The summed E-state index contributed by atoms with van der Waals surface area (Å²) in [4.78, 5) is 4.42. The highest BCUT2D eigenvalue weighted by Crippen LogP contribution is 2.31. The van der Waals surface area contributed by atoms with E-state index in [2.05, 4.69) is 39.2 Å². The molecule has 1 aliphatic rings. The maximum absolute atomic E-state index is 6.06. The second-order valence-corrected chi connectivity index (χ2v) is 6.38. The van der Waals surface area contributed by atoms with Crippen molar-refractivity contribution in [3.63, 3.8) is 0 Å². The average Bonchev–Trinajstić information content (AvgIpc) is 2.38. The van der Waals surface area contributed by atoms with Gasteiger partial charge in [-0.05, 0) is 59.2 Å². The van der Waals surface area contributed by atoms with E-state index in [1.54, 1.807) is 0 Å². The fourth-order valence-electron chi connectivity index (χ4n) is 2.71. The molecule has 0 amide bonds. The van der Waals surface area contributed by atoms with Gasteiger partial charge in [-0.1, -0.05) is 12.8 Å². The van der Waals surface area contributed by atoms with Crippen LogP contribution in [0.25, 0.3) is 0 Å².